The number of nitrogens with zero attached hydrogens (tertiary/aromatic N) is 2. The highest BCUT2D eigenvalue weighted by Crippen LogP contribution is 2.29. The predicted octanol–water partition coefficient (Wildman–Crippen LogP) is 3.45. The van der Waals surface area contributed by atoms with Crippen molar-refractivity contribution in [2.75, 3.05) is 7.11 Å². The van der Waals surface area contributed by atoms with Crippen LogP contribution >= 0.6 is 0 Å². The van der Waals surface area contributed by atoms with Crippen LogP contribution in [0.2, 0.25) is 0 Å². The third kappa shape index (κ3) is 3.12. The first-order valence-corrected chi connectivity index (χ1v) is 7.27. The molecule has 1 aromatic heterocycles. The Morgan fingerprint density at radius 2 is 1.92 bits per heavy atom. The van der Waals surface area contributed by atoms with Gasteiger partial charge in [-0.05, 0) is 24.3 Å². The normalized spacial score (nSPS) is 10.6. The molecule has 0 unspecified atom stereocenters. The van der Waals surface area contributed by atoms with Gasteiger partial charge in [-0.1, -0.05) is 30.3 Å². The summed E-state index contributed by atoms with van der Waals surface area (Å²) in [6.45, 7) is -0.290. The van der Waals surface area contributed by atoms with Crippen LogP contribution in [-0.2, 0) is 11.3 Å². The third-order valence-electron chi connectivity index (χ3n) is 3.58. The molecule has 0 aliphatic heterocycles. The van der Waals surface area contributed by atoms with Gasteiger partial charge in [0.1, 0.15) is 6.54 Å². The van der Waals surface area contributed by atoms with Gasteiger partial charge in [-0.15, -0.1) is 0 Å². The molecule has 6 heteroatoms. The highest BCUT2D eigenvalue weighted by Gasteiger charge is 2.15. The number of carboxylic acid groups (broad SMARTS) is 1. The predicted molar refractivity (Wildman–Crippen MR) is 87.2 cm³/mol. The van der Waals surface area contributed by atoms with E-state index >= 15 is 0 Å². The molecular weight excluding hydrogens is 311 g/mol. The van der Waals surface area contributed by atoms with E-state index in [0.29, 0.717) is 17.0 Å². The number of carbonyl (C=O) groups is 1. The zero-order valence-corrected chi connectivity index (χ0v) is 12.9. The Balaban J connectivity index is 2.12. The average molecular weight is 326 g/mol. The minimum Gasteiger partial charge on any atom is -0.494 e. The van der Waals surface area contributed by atoms with Crippen LogP contribution in [0.3, 0.4) is 0 Å². The van der Waals surface area contributed by atoms with E-state index in [1.807, 2.05) is 30.3 Å². The molecule has 0 fully saturated rings. The van der Waals surface area contributed by atoms with Gasteiger partial charge in [0.2, 0.25) is 0 Å². The second-order valence-electron chi connectivity index (χ2n) is 5.18. The molecule has 3 rings (SSSR count). The highest BCUT2D eigenvalue weighted by atomic mass is 19.1. The first kappa shape index (κ1) is 15.7. The minimum absolute atomic E-state index is 0.0943. The molecule has 0 atom stereocenters. The molecule has 0 bridgehead atoms. The van der Waals surface area contributed by atoms with Gasteiger partial charge in [0.05, 0.1) is 18.5 Å². The van der Waals surface area contributed by atoms with E-state index in [2.05, 4.69) is 5.10 Å². The summed E-state index contributed by atoms with van der Waals surface area (Å²) in [5.74, 6) is -1.39. The molecule has 1 heterocycles. The maximum absolute atomic E-state index is 13.6. The number of hydrogen-bond donors (Lipinski definition) is 1. The van der Waals surface area contributed by atoms with Crippen molar-refractivity contribution >= 4 is 5.97 Å². The van der Waals surface area contributed by atoms with Gasteiger partial charge >= 0.3 is 5.97 Å². The molecule has 122 valence electrons. The standard InChI is InChI=1S/C18H15FN2O3/c1-24-17-9-13(7-8-14(17)19)16-10-15(12-5-3-2-4-6-12)20-21(16)11-18(22)23/h2-10H,11H2,1H3,(H,22,23). The number of carboxylic acids is 1. The summed E-state index contributed by atoms with van der Waals surface area (Å²) in [7, 11) is 1.38. The lowest BCUT2D eigenvalue weighted by Gasteiger charge is -2.07. The van der Waals surface area contributed by atoms with Gasteiger partial charge in [-0.25, -0.2) is 4.39 Å². The fourth-order valence-corrected chi connectivity index (χ4v) is 2.47. The van der Waals surface area contributed by atoms with E-state index in [1.54, 1.807) is 12.1 Å². The van der Waals surface area contributed by atoms with Crippen LogP contribution in [0, 0.1) is 5.82 Å². The summed E-state index contributed by atoms with van der Waals surface area (Å²) in [4.78, 5) is 11.1. The molecule has 0 aliphatic rings. The van der Waals surface area contributed by atoms with Gasteiger partial charge in [0, 0.05) is 11.1 Å². The monoisotopic (exact) mass is 326 g/mol. The second kappa shape index (κ2) is 6.54. The fourth-order valence-electron chi connectivity index (χ4n) is 2.47. The van der Waals surface area contributed by atoms with Crippen molar-refractivity contribution in [3.8, 4) is 28.3 Å². The maximum atomic E-state index is 13.6. The number of benzene rings is 2. The smallest absolute Gasteiger partial charge is 0.325 e. The number of hydrogen-bond acceptors (Lipinski definition) is 3. The van der Waals surface area contributed by atoms with E-state index in [1.165, 1.54) is 23.9 Å². The Kier molecular flexibility index (Phi) is 4.29. The quantitative estimate of drug-likeness (QED) is 0.780. The number of rotatable bonds is 5. The van der Waals surface area contributed by atoms with E-state index in [-0.39, 0.29) is 12.3 Å². The summed E-state index contributed by atoms with van der Waals surface area (Å²) < 4.78 is 20.0. The lowest BCUT2D eigenvalue weighted by atomic mass is 10.1. The van der Waals surface area contributed by atoms with Gasteiger partial charge in [-0.2, -0.15) is 5.10 Å². The van der Waals surface area contributed by atoms with Gasteiger partial charge in [0.25, 0.3) is 0 Å². The third-order valence-corrected chi connectivity index (χ3v) is 3.58. The van der Waals surface area contributed by atoms with Gasteiger partial charge in [-0.3, -0.25) is 9.48 Å². The Labute approximate surface area is 137 Å². The average Bonchev–Trinajstić information content (AvgIpc) is 2.99. The molecule has 0 saturated carbocycles. The minimum atomic E-state index is -1.01. The molecule has 0 aliphatic carbocycles. The first-order chi connectivity index (χ1) is 11.6. The zero-order valence-electron chi connectivity index (χ0n) is 12.9. The van der Waals surface area contributed by atoms with Crippen molar-refractivity contribution in [3.05, 3.63) is 60.4 Å². The van der Waals surface area contributed by atoms with Crippen molar-refractivity contribution in [2.24, 2.45) is 0 Å². The summed E-state index contributed by atoms with van der Waals surface area (Å²) in [5.41, 5.74) is 2.73. The van der Waals surface area contributed by atoms with Crippen molar-refractivity contribution < 1.29 is 19.0 Å². The molecule has 0 spiro atoms. The van der Waals surface area contributed by atoms with Crippen LogP contribution in [0.5, 0.6) is 5.75 Å². The molecule has 0 radical (unpaired) electrons. The topological polar surface area (TPSA) is 64.4 Å². The van der Waals surface area contributed by atoms with E-state index in [9.17, 15) is 9.18 Å². The number of halogens is 1. The summed E-state index contributed by atoms with van der Waals surface area (Å²) in [6, 6.07) is 15.6. The summed E-state index contributed by atoms with van der Waals surface area (Å²) in [5, 5.41) is 13.5. The van der Waals surface area contributed by atoms with Gasteiger partial charge in [0.15, 0.2) is 11.6 Å². The Hall–Kier alpha value is -3.15. The molecule has 0 amide bonds. The number of aliphatic carboxylic acids is 1. The highest BCUT2D eigenvalue weighted by molar-refractivity contribution is 5.72. The van der Waals surface area contributed by atoms with E-state index < -0.39 is 11.8 Å². The van der Waals surface area contributed by atoms with Crippen LogP contribution in [-0.4, -0.2) is 28.0 Å². The molecule has 5 nitrogen and oxygen atoms in total. The maximum Gasteiger partial charge on any atom is 0.325 e. The van der Waals surface area contributed by atoms with Crippen molar-refractivity contribution in [2.45, 2.75) is 6.54 Å². The second-order valence-corrected chi connectivity index (χ2v) is 5.18. The lowest BCUT2D eigenvalue weighted by molar-refractivity contribution is -0.137. The molecule has 0 saturated heterocycles. The van der Waals surface area contributed by atoms with E-state index in [4.69, 9.17) is 9.84 Å². The number of aromatic nitrogens is 2. The van der Waals surface area contributed by atoms with Crippen LogP contribution < -0.4 is 4.74 Å². The summed E-state index contributed by atoms with van der Waals surface area (Å²) in [6.07, 6.45) is 0. The first-order valence-electron chi connectivity index (χ1n) is 7.27. The molecule has 1 N–H and O–H groups in total. The largest absolute Gasteiger partial charge is 0.494 e. The van der Waals surface area contributed by atoms with Crippen LogP contribution in [0.15, 0.2) is 54.6 Å². The van der Waals surface area contributed by atoms with Crippen LogP contribution in [0.4, 0.5) is 4.39 Å². The summed E-state index contributed by atoms with van der Waals surface area (Å²) >= 11 is 0. The fraction of sp³-hybridized carbons (Fsp3) is 0.111. The van der Waals surface area contributed by atoms with E-state index in [0.717, 1.165) is 5.56 Å². The lowest BCUT2D eigenvalue weighted by Crippen LogP contribution is -2.11. The Morgan fingerprint density at radius 3 is 2.58 bits per heavy atom. The van der Waals surface area contributed by atoms with Crippen molar-refractivity contribution in [3.63, 3.8) is 0 Å². The molecule has 24 heavy (non-hydrogen) atoms. The van der Waals surface area contributed by atoms with Gasteiger partial charge < -0.3 is 9.84 Å². The number of methoxy groups -OCH3 is 1. The zero-order chi connectivity index (χ0) is 17.1. The molecule has 3 aromatic rings. The van der Waals surface area contributed by atoms with Crippen LogP contribution in [0.25, 0.3) is 22.5 Å². The Morgan fingerprint density at radius 1 is 1.17 bits per heavy atom. The molecule has 2 aromatic carbocycles. The van der Waals surface area contributed by atoms with Crippen molar-refractivity contribution in [1.29, 1.82) is 0 Å². The number of ether oxygens (including phenoxy) is 1. The molecular formula is C18H15FN2O3. The van der Waals surface area contributed by atoms with Crippen molar-refractivity contribution in [1.82, 2.24) is 9.78 Å². The van der Waals surface area contributed by atoms with Crippen LogP contribution in [0.1, 0.15) is 0 Å². The SMILES string of the molecule is COc1cc(-c2cc(-c3ccccc3)nn2CC(=O)O)ccc1F. The Bertz CT molecular complexity index is 875.